The van der Waals surface area contributed by atoms with Crippen molar-refractivity contribution in [3.8, 4) is 0 Å². The normalized spacial score (nSPS) is 25.1. The fourth-order valence-corrected chi connectivity index (χ4v) is 4.64. The summed E-state index contributed by atoms with van der Waals surface area (Å²) in [5, 5.41) is 0. The third kappa shape index (κ3) is 4.84. The van der Waals surface area contributed by atoms with Crippen LogP contribution in [-0.4, -0.2) is 110 Å². The minimum atomic E-state index is -0.0187. The third-order valence-corrected chi connectivity index (χ3v) is 6.39. The fraction of sp³-hybridized carbons (Fsp3) is 0.850. The molecule has 3 fully saturated rings. The molecule has 3 heterocycles. The molecule has 3 aliphatic heterocycles. The lowest BCUT2D eigenvalue weighted by atomic mass is 9.95. The number of likely N-dealkylation sites (N-methyl/N-ethyl adjacent to an activating group) is 1. The van der Waals surface area contributed by atoms with Crippen LogP contribution in [0, 0.1) is 5.92 Å². The van der Waals surface area contributed by atoms with Crippen LogP contribution in [0.2, 0.25) is 0 Å². The summed E-state index contributed by atoms with van der Waals surface area (Å²) in [7, 11) is 3.54. The second kappa shape index (κ2) is 9.69. The summed E-state index contributed by atoms with van der Waals surface area (Å²) in [4.78, 5) is 45.5. The summed E-state index contributed by atoms with van der Waals surface area (Å²) in [5.74, 6) is 0.384. The molecule has 0 saturated carbocycles. The summed E-state index contributed by atoms with van der Waals surface area (Å²) in [6.45, 7) is 5.01. The Hall–Kier alpha value is -1.67. The van der Waals surface area contributed by atoms with Crippen molar-refractivity contribution in [1.29, 1.82) is 0 Å². The van der Waals surface area contributed by atoms with Gasteiger partial charge >= 0.3 is 0 Å². The Labute approximate surface area is 167 Å². The minimum Gasteiger partial charge on any atom is -0.375 e. The van der Waals surface area contributed by atoms with E-state index in [1.54, 1.807) is 4.90 Å². The highest BCUT2D eigenvalue weighted by atomic mass is 16.5. The number of nitrogens with zero attached hydrogens (tertiary/aromatic N) is 4. The van der Waals surface area contributed by atoms with Crippen LogP contribution in [0.4, 0.5) is 0 Å². The summed E-state index contributed by atoms with van der Waals surface area (Å²) < 4.78 is 4.91. The zero-order valence-corrected chi connectivity index (χ0v) is 17.3. The first-order valence-corrected chi connectivity index (χ1v) is 10.6. The Morgan fingerprint density at radius 1 is 0.786 bits per heavy atom. The van der Waals surface area contributed by atoms with Crippen LogP contribution in [0.15, 0.2) is 0 Å². The predicted molar refractivity (Wildman–Crippen MR) is 105 cm³/mol. The van der Waals surface area contributed by atoms with E-state index in [1.807, 2.05) is 16.8 Å². The van der Waals surface area contributed by atoms with Crippen molar-refractivity contribution in [3.63, 3.8) is 0 Å². The molecule has 0 N–H and O–H groups in total. The maximum Gasteiger partial charge on any atom is 0.248 e. The van der Waals surface area contributed by atoms with E-state index in [4.69, 9.17) is 4.74 Å². The van der Waals surface area contributed by atoms with Crippen molar-refractivity contribution in [1.82, 2.24) is 19.6 Å². The van der Waals surface area contributed by atoms with Crippen molar-refractivity contribution >= 4 is 17.7 Å². The third-order valence-electron chi connectivity index (χ3n) is 6.39. The van der Waals surface area contributed by atoms with Gasteiger partial charge in [0.1, 0.15) is 6.61 Å². The maximum absolute atomic E-state index is 13.0. The van der Waals surface area contributed by atoms with Crippen LogP contribution in [0.3, 0.4) is 0 Å². The van der Waals surface area contributed by atoms with E-state index < -0.39 is 0 Å². The molecule has 3 saturated heterocycles. The van der Waals surface area contributed by atoms with E-state index in [0.29, 0.717) is 45.6 Å². The SMILES string of the molecule is COCC(=O)N1CCC(C(=O)N2CCCN(C(=O)C3CCCN3C)CC2)CC1. The Bertz CT molecular complexity index is 577. The van der Waals surface area contributed by atoms with Gasteiger partial charge in [0.15, 0.2) is 0 Å². The van der Waals surface area contributed by atoms with Crippen LogP contribution < -0.4 is 0 Å². The second-order valence-electron chi connectivity index (χ2n) is 8.23. The molecule has 0 aromatic rings. The van der Waals surface area contributed by atoms with Crippen LogP contribution in [-0.2, 0) is 19.1 Å². The molecule has 0 aromatic carbocycles. The molecule has 0 aromatic heterocycles. The van der Waals surface area contributed by atoms with Crippen LogP contribution in [0.1, 0.15) is 32.1 Å². The molecule has 3 amide bonds. The molecule has 0 spiro atoms. The van der Waals surface area contributed by atoms with Crippen molar-refractivity contribution in [2.75, 3.05) is 66.6 Å². The fourth-order valence-electron chi connectivity index (χ4n) is 4.64. The highest BCUT2D eigenvalue weighted by molar-refractivity contribution is 5.83. The molecule has 8 nitrogen and oxygen atoms in total. The van der Waals surface area contributed by atoms with Crippen molar-refractivity contribution in [2.24, 2.45) is 5.92 Å². The number of amides is 3. The molecule has 0 radical (unpaired) electrons. The summed E-state index contributed by atoms with van der Waals surface area (Å²) in [6.07, 6.45) is 4.27. The average Bonchev–Trinajstić information content (AvgIpc) is 2.98. The van der Waals surface area contributed by atoms with Crippen LogP contribution >= 0.6 is 0 Å². The maximum atomic E-state index is 13.0. The van der Waals surface area contributed by atoms with Crippen LogP contribution in [0.25, 0.3) is 0 Å². The summed E-state index contributed by atoms with van der Waals surface area (Å²) in [6, 6.07) is 0.0104. The number of likely N-dealkylation sites (tertiary alicyclic amines) is 2. The van der Waals surface area contributed by atoms with Gasteiger partial charge in [-0.15, -0.1) is 0 Å². The number of methoxy groups -OCH3 is 1. The Balaban J connectivity index is 1.48. The van der Waals surface area contributed by atoms with E-state index in [2.05, 4.69) is 4.90 Å². The minimum absolute atomic E-state index is 0.00536. The van der Waals surface area contributed by atoms with Gasteiger partial charge in [-0.1, -0.05) is 0 Å². The smallest absolute Gasteiger partial charge is 0.248 e. The zero-order valence-electron chi connectivity index (χ0n) is 17.3. The van der Waals surface area contributed by atoms with Gasteiger partial charge in [0, 0.05) is 52.3 Å². The van der Waals surface area contributed by atoms with Gasteiger partial charge in [-0.25, -0.2) is 0 Å². The first-order chi connectivity index (χ1) is 13.5. The predicted octanol–water partition coefficient (Wildman–Crippen LogP) is 0.0265. The van der Waals surface area contributed by atoms with Crippen molar-refractivity contribution in [2.45, 2.75) is 38.1 Å². The monoisotopic (exact) mass is 394 g/mol. The zero-order chi connectivity index (χ0) is 20.1. The van der Waals surface area contributed by atoms with Gasteiger partial charge in [0.25, 0.3) is 0 Å². The topological polar surface area (TPSA) is 73.4 Å². The van der Waals surface area contributed by atoms with Gasteiger partial charge in [0.2, 0.25) is 17.7 Å². The number of rotatable bonds is 4. The van der Waals surface area contributed by atoms with Gasteiger partial charge in [-0.2, -0.15) is 0 Å². The Kier molecular flexibility index (Phi) is 7.29. The lowest BCUT2D eigenvalue weighted by molar-refractivity contribution is -0.142. The number of piperidine rings is 1. The molecule has 8 heteroatoms. The molecular weight excluding hydrogens is 360 g/mol. The molecule has 1 unspecified atom stereocenters. The summed E-state index contributed by atoms with van der Waals surface area (Å²) in [5.41, 5.74) is 0. The van der Waals surface area contributed by atoms with E-state index in [-0.39, 0.29) is 36.3 Å². The number of hydrogen-bond donors (Lipinski definition) is 0. The first-order valence-electron chi connectivity index (χ1n) is 10.6. The molecule has 0 aliphatic carbocycles. The standard InChI is InChI=1S/C20H34N4O4/c1-21-8-3-5-17(21)20(27)24-10-4-9-23(13-14-24)19(26)16-6-11-22(12-7-16)18(25)15-28-2/h16-17H,3-15H2,1-2H3. The van der Waals surface area contributed by atoms with Gasteiger partial charge in [-0.3, -0.25) is 19.3 Å². The lowest BCUT2D eigenvalue weighted by Crippen LogP contribution is -2.47. The Morgan fingerprint density at radius 2 is 1.43 bits per heavy atom. The number of hydrogen-bond acceptors (Lipinski definition) is 5. The Morgan fingerprint density at radius 3 is 2.00 bits per heavy atom. The molecule has 0 bridgehead atoms. The molecule has 1 atom stereocenters. The first kappa shape index (κ1) is 21.0. The van der Waals surface area contributed by atoms with E-state index in [0.717, 1.165) is 32.4 Å². The van der Waals surface area contributed by atoms with E-state index >= 15 is 0 Å². The lowest BCUT2D eigenvalue weighted by Gasteiger charge is -2.34. The van der Waals surface area contributed by atoms with Crippen molar-refractivity contribution in [3.05, 3.63) is 0 Å². The van der Waals surface area contributed by atoms with E-state index in [1.165, 1.54) is 7.11 Å². The number of carbonyl (C=O) groups is 3. The quantitative estimate of drug-likeness (QED) is 0.673. The molecule has 28 heavy (non-hydrogen) atoms. The molecule has 3 rings (SSSR count). The van der Waals surface area contributed by atoms with Gasteiger partial charge in [0.05, 0.1) is 6.04 Å². The van der Waals surface area contributed by atoms with Crippen LogP contribution in [0.5, 0.6) is 0 Å². The average molecular weight is 395 g/mol. The largest absolute Gasteiger partial charge is 0.375 e. The highest BCUT2D eigenvalue weighted by Crippen LogP contribution is 2.22. The van der Waals surface area contributed by atoms with Gasteiger partial charge < -0.3 is 19.4 Å². The van der Waals surface area contributed by atoms with Crippen molar-refractivity contribution < 1.29 is 19.1 Å². The number of ether oxygens (including phenoxy) is 1. The second-order valence-corrected chi connectivity index (χ2v) is 8.23. The molecule has 158 valence electrons. The number of carbonyl (C=O) groups excluding carboxylic acids is 3. The molecule has 3 aliphatic rings. The van der Waals surface area contributed by atoms with E-state index in [9.17, 15) is 14.4 Å². The molecular formula is C20H34N4O4. The summed E-state index contributed by atoms with van der Waals surface area (Å²) >= 11 is 0. The highest BCUT2D eigenvalue weighted by Gasteiger charge is 2.34. The van der Waals surface area contributed by atoms with Gasteiger partial charge in [-0.05, 0) is 45.7 Å².